The molecule has 4 heterocycles. The Morgan fingerprint density at radius 3 is 2.81 bits per heavy atom. The number of rotatable bonds is 3. The maximum absolute atomic E-state index is 12.6. The monoisotopic (exact) mass is 363 g/mol. The zero-order valence-corrected chi connectivity index (χ0v) is 14.4. The van der Waals surface area contributed by atoms with Crippen LogP contribution in [0.1, 0.15) is 22.4 Å². The lowest BCUT2D eigenvalue weighted by Gasteiger charge is -2.19. The van der Waals surface area contributed by atoms with E-state index >= 15 is 0 Å². The number of carbonyl (C=O) groups is 1. The van der Waals surface area contributed by atoms with E-state index in [1.807, 2.05) is 0 Å². The molecule has 1 unspecified atom stereocenters. The van der Waals surface area contributed by atoms with Crippen LogP contribution >= 0.6 is 0 Å². The Labute approximate surface area is 154 Å². The number of nitrogens with zero attached hydrogens (tertiary/aromatic N) is 4. The number of amides is 1. The molecule has 0 radical (unpaired) electrons. The van der Waals surface area contributed by atoms with Gasteiger partial charge in [-0.25, -0.2) is 4.98 Å². The normalized spacial score (nSPS) is 16.2. The molecule has 1 amide bonds. The molecule has 1 atom stereocenters. The molecule has 8 nitrogen and oxygen atoms in total. The minimum absolute atomic E-state index is 0.186. The lowest BCUT2D eigenvalue weighted by molar-refractivity contribution is 0.0851. The number of hydrogen-bond donors (Lipinski definition) is 1. The van der Waals surface area contributed by atoms with Gasteiger partial charge in [-0.05, 0) is 24.3 Å². The van der Waals surface area contributed by atoms with Crippen LogP contribution in [0.2, 0.25) is 0 Å². The fourth-order valence-electron chi connectivity index (χ4n) is 2.95. The maximum Gasteiger partial charge on any atom is 0.270 e. The molecule has 0 saturated carbocycles. The Bertz CT molecular complexity index is 1000. The highest BCUT2D eigenvalue weighted by Gasteiger charge is 2.25. The van der Waals surface area contributed by atoms with Crippen molar-refractivity contribution in [2.75, 3.05) is 13.2 Å². The first kappa shape index (κ1) is 17.0. The number of aromatic nitrogens is 4. The topological polar surface area (TPSA) is 99.0 Å². The van der Waals surface area contributed by atoms with Crippen molar-refractivity contribution >= 4 is 5.91 Å². The predicted molar refractivity (Wildman–Crippen MR) is 97.0 cm³/mol. The van der Waals surface area contributed by atoms with E-state index in [9.17, 15) is 9.59 Å². The summed E-state index contributed by atoms with van der Waals surface area (Å²) < 4.78 is 7.12. The van der Waals surface area contributed by atoms with Crippen molar-refractivity contribution in [3.8, 4) is 11.3 Å². The third-order valence-electron chi connectivity index (χ3n) is 4.27. The molecule has 1 N–H and O–H groups in total. The van der Waals surface area contributed by atoms with E-state index in [0.717, 1.165) is 5.56 Å². The Balaban J connectivity index is 1.72. The summed E-state index contributed by atoms with van der Waals surface area (Å²) in [5.74, 6) is 0.123. The van der Waals surface area contributed by atoms with Crippen molar-refractivity contribution in [2.45, 2.75) is 12.6 Å². The van der Waals surface area contributed by atoms with Gasteiger partial charge in [-0.2, -0.15) is 0 Å². The predicted octanol–water partition coefficient (Wildman–Crippen LogP) is 1.20. The van der Waals surface area contributed by atoms with Crippen molar-refractivity contribution in [2.24, 2.45) is 0 Å². The van der Waals surface area contributed by atoms with Crippen molar-refractivity contribution < 1.29 is 9.53 Å². The van der Waals surface area contributed by atoms with Crippen molar-refractivity contribution in [1.82, 2.24) is 24.8 Å². The molecule has 0 aromatic carbocycles. The van der Waals surface area contributed by atoms with Crippen LogP contribution in [0.5, 0.6) is 0 Å². The van der Waals surface area contributed by atoms with Crippen LogP contribution in [0, 0.1) is 0 Å². The largest absolute Gasteiger partial charge is 0.377 e. The van der Waals surface area contributed by atoms with Crippen LogP contribution in [0.15, 0.2) is 59.8 Å². The van der Waals surface area contributed by atoms with Crippen LogP contribution in [0.4, 0.5) is 0 Å². The SMILES string of the molecule is O=C(NC1COCCn2c1nc(-c1ccncc1)cc2=O)c1ccccn1. The number of pyridine rings is 2. The van der Waals surface area contributed by atoms with Crippen LogP contribution in [-0.2, 0) is 11.3 Å². The number of ether oxygens (including phenoxy) is 1. The smallest absolute Gasteiger partial charge is 0.270 e. The Kier molecular flexibility index (Phi) is 4.71. The zero-order chi connectivity index (χ0) is 18.6. The van der Waals surface area contributed by atoms with Gasteiger partial charge in [-0.15, -0.1) is 0 Å². The average molecular weight is 363 g/mol. The van der Waals surface area contributed by atoms with Gasteiger partial charge >= 0.3 is 0 Å². The highest BCUT2D eigenvalue weighted by atomic mass is 16.5. The molecule has 1 aliphatic rings. The van der Waals surface area contributed by atoms with E-state index in [-0.39, 0.29) is 18.1 Å². The minimum Gasteiger partial charge on any atom is -0.377 e. The summed E-state index contributed by atoms with van der Waals surface area (Å²) in [5, 5.41) is 2.88. The Morgan fingerprint density at radius 1 is 1.19 bits per heavy atom. The number of nitrogens with one attached hydrogen (secondary N) is 1. The third-order valence-corrected chi connectivity index (χ3v) is 4.27. The second-order valence-corrected chi connectivity index (χ2v) is 6.04. The quantitative estimate of drug-likeness (QED) is 0.751. The number of hydrogen-bond acceptors (Lipinski definition) is 6. The standard InChI is InChI=1S/C19H17N5O3/c25-17-11-15(13-4-7-20-8-5-13)22-18-16(12-27-10-9-24(17)18)23-19(26)14-3-1-2-6-21-14/h1-8,11,16H,9-10,12H2,(H,23,26). The molecule has 3 aromatic rings. The van der Waals surface area contributed by atoms with Gasteiger partial charge in [0.05, 0.1) is 25.5 Å². The van der Waals surface area contributed by atoms with E-state index in [4.69, 9.17) is 4.74 Å². The highest BCUT2D eigenvalue weighted by molar-refractivity contribution is 5.92. The first-order valence-corrected chi connectivity index (χ1v) is 8.54. The van der Waals surface area contributed by atoms with Gasteiger partial charge in [0.2, 0.25) is 0 Å². The minimum atomic E-state index is -0.559. The van der Waals surface area contributed by atoms with Crippen molar-refractivity contribution in [3.05, 3.63) is 76.9 Å². The molecule has 0 aliphatic carbocycles. The Hall–Kier alpha value is -3.39. The van der Waals surface area contributed by atoms with E-state index in [1.54, 1.807) is 53.5 Å². The molecule has 27 heavy (non-hydrogen) atoms. The molecule has 1 aliphatic heterocycles. The molecule has 0 fully saturated rings. The lowest BCUT2D eigenvalue weighted by Crippen LogP contribution is -2.35. The molecule has 0 saturated heterocycles. The zero-order valence-electron chi connectivity index (χ0n) is 14.4. The van der Waals surface area contributed by atoms with Crippen LogP contribution in [-0.4, -0.2) is 38.6 Å². The van der Waals surface area contributed by atoms with Gasteiger partial charge in [0.1, 0.15) is 17.6 Å². The van der Waals surface area contributed by atoms with Gasteiger partial charge in [0.25, 0.3) is 11.5 Å². The lowest BCUT2D eigenvalue weighted by atomic mass is 10.1. The van der Waals surface area contributed by atoms with Crippen LogP contribution in [0.25, 0.3) is 11.3 Å². The third kappa shape index (κ3) is 3.61. The molecular formula is C19H17N5O3. The van der Waals surface area contributed by atoms with E-state index in [1.165, 1.54) is 6.07 Å². The Morgan fingerprint density at radius 2 is 2.04 bits per heavy atom. The average Bonchev–Trinajstić information content (AvgIpc) is 2.92. The highest BCUT2D eigenvalue weighted by Crippen LogP contribution is 2.19. The first-order valence-electron chi connectivity index (χ1n) is 8.54. The summed E-state index contributed by atoms with van der Waals surface area (Å²) in [5.41, 5.74) is 1.42. The van der Waals surface area contributed by atoms with Crippen molar-refractivity contribution in [3.63, 3.8) is 0 Å². The molecule has 4 rings (SSSR count). The maximum atomic E-state index is 12.6. The summed E-state index contributed by atoms with van der Waals surface area (Å²) >= 11 is 0. The molecule has 0 bridgehead atoms. The fourth-order valence-corrected chi connectivity index (χ4v) is 2.95. The van der Waals surface area contributed by atoms with Crippen LogP contribution in [0.3, 0.4) is 0 Å². The van der Waals surface area contributed by atoms with Crippen molar-refractivity contribution in [1.29, 1.82) is 0 Å². The summed E-state index contributed by atoms with van der Waals surface area (Å²) in [4.78, 5) is 37.9. The van der Waals surface area contributed by atoms with Gasteiger partial charge in [0.15, 0.2) is 0 Å². The molecule has 136 valence electrons. The summed E-state index contributed by atoms with van der Waals surface area (Å²) in [7, 11) is 0. The van der Waals surface area contributed by atoms with Crippen LogP contribution < -0.4 is 10.9 Å². The number of carbonyl (C=O) groups excluding carboxylic acids is 1. The second kappa shape index (κ2) is 7.46. The second-order valence-electron chi connectivity index (χ2n) is 6.04. The molecule has 8 heteroatoms. The fraction of sp³-hybridized carbons (Fsp3) is 0.211. The van der Waals surface area contributed by atoms with E-state index in [0.29, 0.717) is 30.4 Å². The molecule has 3 aromatic heterocycles. The first-order chi connectivity index (χ1) is 13.2. The number of fused-ring (bicyclic) bond motifs is 1. The van der Waals surface area contributed by atoms with Gasteiger partial charge in [-0.3, -0.25) is 24.1 Å². The summed E-state index contributed by atoms with van der Waals surface area (Å²) in [6.07, 6.45) is 4.84. The van der Waals surface area contributed by atoms with E-state index in [2.05, 4.69) is 20.3 Å². The molecule has 0 spiro atoms. The summed E-state index contributed by atoms with van der Waals surface area (Å²) in [6.45, 7) is 0.984. The molecular weight excluding hydrogens is 346 g/mol. The van der Waals surface area contributed by atoms with Gasteiger partial charge in [-0.1, -0.05) is 6.07 Å². The summed E-state index contributed by atoms with van der Waals surface area (Å²) in [6, 6.07) is 9.60. The van der Waals surface area contributed by atoms with Gasteiger partial charge in [0, 0.05) is 30.2 Å². The van der Waals surface area contributed by atoms with Gasteiger partial charge < -0.3 is 10.1 Å². The van der Waals surface area contributed by atoms with E-state index < -0.39 is 6.04 Å².